The fourth-order valence-electron chi connectivity index (χ4n) is 5.17. The summed E-state index contributed by atoms with van der Waals surface area (Å²) in [7, 11) is 0. The van der Waals surface area contributed by atoms with E-state index < -0.39 is 5.60 Å². The molecule has 3 aliphatic rings. The quantitative estimate of drug-likeness (QED) is 0.781. The van der Waals surface area contributed by atoms with E-state index in [-0.39, 0.29) is 0 Å². The molecule has 0 amide bonds. The molecule has 17 heavy (non-hydrogen) atoms. The Morgan fingerprint density at radius 1 is 1.06 bits per heavy atom. The molecule has 0 saturated heterocycles. The summed E-state index contributed by atoms with van der Waals surface area (Å²) in [6.45, 7) is 0. The van der Waals surface area contributed by atoms with Gasteiger partial charge in [0, 0.05) is 0 Å². The molecular formula is C16H20O. The second kappa shape index (κ2) is 3.35. The monoisotopic (exact) mass is 228 g/mol. The smallest absolute Gasteiger partial charge is 0.0930 e. The zero-order valence-corrected chi connectivity index (χ0v) is 10.2. The minimum Gasteiger partial charge on any atom is -0.385 e. The van der Waals surface area contributed by atoms with E-state index in [4.69, 9.17) is 0 Å². The highest BCUT2D eigenvalue weighted by Gasteiger charge is 2.60. The van der Waals surface area contributed by atoms with Crippen molar-refractivity contribution in [2.75, 3.05) is 0 Å². The Kier molecular flexibility index (Phi) is 2.00. The summed E-state index contributed by atoms with van der Waals surface area (Å²) in [6, 6.07) is 10.4. The van der Waals surface area contributed by atoms with Crippen LogP contribution in [0.15, 0.2) is 30.3 Å². The highest BCUT2D eigenvalue weighted by molar-refractivity contribution is 5.28. The Morgan fingerprint density at radius 2 is 1.82 bits per heavy atom. The van der Waals surface area contributed by atoms with Crippen LogP contribution in [-0.4, -0.2) is 5.11 Å². The maximum absolute atomic E-state index is 11.1. The fraction of sp³-hybridized carbons (Fsp3) is 0.625. The predicted molar refractivity (Wildman–Crippen MR) is 67.4 cm³/mol. The van der Waals surface area contributed by atoms with Gasteiger partial charge >= 0.3 is 0 Å². The van der Waals surface area contributed by atoms with Crippen LogP contribution in [0.3, 0.4) is 0 Å². The standard InChI is InChI=1S/C16H20O/c17-16(12-5-2-1-3-6-12)10-11-9-15(16)14-8-4-7-13(11)14/h1-3,5-6,11,13-15,17H,4,7-10H2/t11-,13-,14+,15-,16+/m1/s1. The third-order valence-electron chi connectivity index (χ3n) is 5.76. The Labute approximate surface area is 103 Å². The summed E-state index contributed by atoms with van der Waals surface area (Å²) in [6.07, 6.45) is 6.48. The molecule has 0 aliphatic heterocycles. The Morgan fingerprint density at radius 3 is 2.65 bits per heavy atom. The van der Waals surface area contributed by atoms with Gasteiger partial charge in [0.25, 0.3) is 0 Å². The van der Waals surface area contributed by atoms with Gasteiger partial charge in [-0.1, -0.05) is 36.8 Å². The zero-order valence-electron chi connectivity index (χ0n) is 10.2. The molecule has 1 aromatic rings. The summed E-state index contributed by atoms with van der Waals surface area (Å²) >= 11 is 0. The molecule has 5 atom stereocenters. The van der Waals surface area contributed by atoms with E-state index >= 15 is 0 Å². The summed E-state index contributed by atoms with van der Waals surface area (Å²) in [5.41, 5.74) is 0.662. The molecule has 2 bridgehead atoms. The van der Waals surface area contributed by atoms with Crippen LogP contribution in [0, 0.1) is 23.7 Å². The third-order valence-corrected chi connectivity index (χ3v) is 5.76. The second-order valence-electron chi connectivity index (χ2n) is 6.36. The van der Waals surface area contributed by atoms with E-state index in [9.17, 15) is 5.11 Å². The lowest BCUT2D eigenvalue weighted by Gasteiger charge is -2.39. The summed E-state index contributed by atoms with van der Waals surface area (Å²) in [5.74, 6) is 3.11. The van der Waals surface area contributed by atoms with Crippen LogP contribution in [0.1, 0.15) is 37.7 Å². The van der Waals surface area contributed by atoms with Crippen molar-refractivity contribution < 1.29 is 5.11 Å². The van der Waals surface area contributed by atoms with Crippen LogP contribution in [0.4, 0.5) is 0 Å². The molecule has 0 radical (unpaired) electrons. The molecule has 90 valence electrons. The van der Waals surface area contributed by atoms with Crippen LogP contribution in [0.25, 0.3) is 0 Å². The first-order valence-corrected chi connectivity index (χ1v) is 7.07. The van der Waals surface area contributed by atoms with Crippen molar-refractivity contribution in [3.05, 3.63) is 35.9 Å². The summed E-state index contributed by atoms with van der Waals surface area (Å²) in [5, 5.41) is 11.1. The normalized spacial score (nSPS) is 47.4. The van der Waals surface area contributed by atoms with E-state index in [0.717, 1.165) is 29.7 Å². The maximum Gasteiger partial charge on any atom is 0.0930 e. The van der Waals surface area contributed by atoms with Crippen molar-refractivity contribution in [3.63, 3.8) is 0 Å². The minimum atomic E-state index is -0.503. The average molecular weight is 228 g/mol. The fourth-order valence-corrected chi connectivity index (χ4v) is 5.17. The predicted octanol–water partition coefficient (Wildman–Crippen LogP) is 3.33. The number of rotatable bonds is 1. The first-order chi connectivity index (χ1) is 8.29. The molecule has 0 aromatic heterocycles. The van der Waals surface area contributed by atoms with Crippen LogP contribution < -0.4 is 0 Å². The lowest BCUT2D eigenvalue weighted by atomic mass is 9.70. The minimum absolute atomic E-state index is 0.503. The largest absolute Gasteiger partial charge is 0.385 e. The molecule has 0 heterocycles. The van der Waals surface area contributed by atoms with Gasteiger partial charge in [-0.05, 0) is 54.9 Å². The van der Waals surface area contributed by atoms with Crippen LogP contribution in [-0.2, 0) is 5.60 Å². The number of hydrogen-bond donors (Lipinski definition) is 1. The van der Waals surface area contributed by atoms with Gasteiger partial charge in [0.2, 0.25) is 0 Å². The van der Waals surface area contributed by atoms with Gasteiger partial charge in [0.1, 0.15) is 0 Å². The Hall–Kier alpha value is -0.820. The molecule has 3 fully saturated rings. The molecule has 1 N–H and O–H groups in total. The maximum atomic E-state index is 11.1. The topological polar surface area (TPSA) is 20.2 Å². The number of fused-ring (bicyclic) bond motifs is 5. The van der Waals surface area contributed by atoms with Gasteiger partial charge in [-0.15, -0.1) is 0 Å². The van der Waals surface area contributed by atoms with Crippen molar-refractivity contribution in [1.29, 1.82) is 0 Å². The van der Waals surface area contributed by atoms with E-state index in [2.05, 4.69) is 24.3 Å². The van der Waals surface area contributed by atoms with E-state index in [1.807, 2.05) is 6.07 Å². The van der Waals surface area contributed by atoms with Crippen LogP contribution >= 0.6 is 0 Å². The van der Waals surface area contributed by atoms with Gasteiger partial charge in [-0.2, -0.15) is 0 Å². The van der Waals surface area contributed by atoms with Crippen molar-refractivity contribution in [2.45, 2.75) is 37.7 Å². The SMILES string of the molecule is O[C@]1(c2ccccc2)C[C@H]2C[C@@H]1[C@H]1CCC[C@H]21. The zero-order chi connectivity index (χ0) is 11.5. The van der Waals surface area contributed by atoms with Gasteiger partial charge in [0.05, 0.1) is 5.60 Å². The second-order valence-corrected chi connectivity index (χ2v) is 6.36. The lowest BCUT2D eigenvalue weighted by Crippen LogP contribution is -2.38. The van der Waals surface area contributed by atoms with Gasteiger partial charge in [0.15, 0.2) is 0 Å². The summed E-state index contributed by atoms with van der Waals surface area (Å²) < 4.78 is 0. The Balaban J connectivity index is 1.73. The van der Waals surface area contributed by atoms with Crippen molar-refractivity contribution in [2.24, 2.45) is 23.7 Å². The van der Waals surface area contributed by atoms with E-state index in [1.54, 1.807) is 0 Å². The Bertz CT molecular complexity index is 426. The number of benzene rings is 1. The van der Waals surface area contributed by atoms with E-state index in [1.165, 1.54) is 25.7 Å². The molecule has 0 unspecified atom stereocenters. The lowest BCUT2D eigenvalue weighted by molar-refractivity contribution is -0.0512. The first-order valence-electron chi connectivity index (χ1n) is 7.07. The van der Waals surface area contributed by atoms with Gasteiger partial charge < -0.3 is 5.11 Å². The molecule has 1 aromatic carbocycles. The molecular weight excluding hydrogens is 208 g/mol. The van der Waals surface area contributed by atoms with Gasteiger partial charge in [-0.25, -0.2) is 0 Å². The highest BCUT2D eigenvalue weighted by atomic mass is 16.3. The van der Waals surface area contributed by atoms with E-state index in [0.29, 0.717) is 5.92 Å². The third kappa shape index (κ3) is 1.24. The van der Waals surface area contributed by atoms with Crippen molar-refractivity contribution in [1.82, 2.24) is 0 Å². The molecule has 0 spiro atoms. The molecule has 1 heteroatoms. The highest BCUT2D eigenvalue weighted by Crippen LogP contribution is 2.65. The van der Waals surface area contributed by atoms with Crippen LogP contribution in [0.5, 0.6) is 0 Å². The van der Waals surface area contributed by atoms with Crippen molar-refractivity contribution >= 4 is 0 Å². The molecule has 4 rings (SSSR count). The summed E-state index contributed by atoms with van der Waals surface area (Å²) in [4.78, 5) is 0. The van der Waals surface area contributed by atoms with Crippen molar-refractivity contribution in [3.8, 4) is 0 Å². The molecule has 1 nitrogen and oxygen atoms in total. The number of aliphatic hydroxyl groups is 1. The van der Waals surface area contributed by atoms with Gasteiger partial charge in [-0.3, -0.25) is 0 Å². The number of hydrogen-bond acceptors (Lipinski definition) is 1. The average Bonchev–Trinajstić information content (AvgIpc) is 3.00. The molecule has 3 saturated carbocycles. The van der Waals surface area contributed by atoms with Crippen LogP contribution in [0.2, 0.25) is 0 Å². The molecule has 3 aliphatic carbocycles. The first kappa shape index (κ1) is 10.1.